The Morgan fingerprint density at radius 1 is 1.24 bits per heavy atom. The molecule has 2 aliphatic rings. The van der Waals surface area contributed by atoms with Crippen molar-refractivity contribution in [1.29, 1.82) is 0 Å². The van der Waals surface area contributed by atoms with Crippen molar-refractivity contribution < 1.29 is 4.74 Å². The topological polar surface area (TPSA) is 24.5 Å². The Hall–Kier alpha value is -1.06. The molecule has 3 heteroatoms. The second-order valence-corrected chi connectivity index (χ2v) is 6.56. The smallest absolute Gasteiger partial charge is 0.119 e. The van der Waals surface area contributed by atoms with Gasteiger partial charge in [0.2, 0.25) is 0 Å². The van der Waals surface area contributed by atoms with E-state index in [1.54, 1.807) is 0 Å². The Bertz CT molecular complexity index is 428. The van der Waals surface area contributed by atoms with E-state index in [1.165, 1.54) is 38.6 Å². The number of nitrogens with zero attached hydrogens (tertiary/aromatic N) is 1. The largest absolute Gasteiger partial charge is 0.492 e. The van der Waals surface area contributed by atoms with Gasteiger partial charge in [-0.2, -0.15) is 0 Å². The third kappa shape index (κ3) is 3.58. The highest BCUT2D eigenvalue weighted by Crippen LogP contribution is 2.33. The van der Waals surface area contributed by atoms with Crippen molar-refractivity contribution in [3.63, 3.8) is 0 Å². The van der Waals surface area contributed by atoms with E-state index in [0.29, 0.717) is 11.6 Å². The van der Waals surface area contributed by atoms with Crippen LogP contribution < -0.4 is 10.1 Å². The van der Waals surface area contributed by atoms with Crippen LogP contribution in [0, 0.1) is 0 Å². The summed E-state index contributed by atoms with van der Waals surface area (Å²) in [5.74, 6) is 0.983. The molecule has 0 aromatic heterocycles. The molecule has 3 nitrogen and oxygen atoms in total. The molecule has 21 heavy (non-hydrogen) atoms. The van der Waals surface area contributed by atoms with Crippen LogP contribution in [0.5, 0.6) is 5.75 Å². The molecule has 2 fully saturated rings. The molecule has 1 N–H and O–H groups in total. The van der Waals surface area contributed by atoms with Gasteiger partial charge < -0.3 is 10.1 Å². The molecule has 1 saturated heterocycles. The molecule has 1 aromatic rings. The second kappa shape index (κ2) is 6.80. The summed E-state index contributed by atoms with van der Waals surface area (Å²) in [6.45, 7) is 6.46. The van der Waals surface area contributed by atoms with E-state index >= 15 is 0 Å². The Morgan fingerprint density at radius 3 is 2.71 bits per heavy atom. The molecule has 1 heterocycles. The lowest BCUT2D eigenvalue weighted by atomic mass is 9.91. The van der Waals surface area contributed by atoms with Gasteiger partial charge in [-0.05, 0) is 31.4 Å². The minimum absolute atomic E-state index is 0.401. The van der Waals surface area contributed by atoms with E-state index in [4.69, 9.17) is 4.74 Å². The van der Waals surface area contributed by atoms with Crippen LogP contribution in [0.25, 0.3) is 0 Å². The van der Waals surface area contributed by atoms with Crippen molar-refractivity contribution in [3.05, 3.63) is 30.3 Å². The molecular weight excluding hydrogens is 260 g/mol. The molecular formula is C18H28N2O. The van der Waals surface area contributed by atoms with E-state index in [-0.39, 0.29) is 0 Å². The standard InChI is InChI=1S/C18H28N2O/c1-2-16-14-19-18(10-6-7-11-18)15-20(16)12-13-21-17-8-4-3-5-9-17/h3-5,8-9,16,19H,2,6-7,10-15H2,1H3. The maximum Gasteiger partial charge on any atom is 0.119 e. The first-order chi connectivity index (χ1) is 10.3. The average molecular weight is 288 g/mol. The first-order valence-electron chi connectivity index (χ1n) is 8.48. The summed E-state index contributed by atoms with van der Waals surface area (Å²) in [6, 6.07) is 10.8. The zero-order valence-electron chi connectivity index (χ0n) is 13.2. The predicted molar refractivity (Wildman–Crippen MR) is 86.8 cm³/mol. The van der Waals surface area contributed by atoms with Crippen LogP contribution in [0.2, 0.25) is 0 Å². The average Bonchev–Trinajstić information content (AvgIpc) is 2.97. The minimum Gasteiger partial charge on any atom is -0.492 e. The summed E-state index contributed by atoms with van der Waals surface area (Å²) in [4.78, 5) is 2.66. The highest BCUT2D eigenvalue weighted by atomic mass is 16.5. The quantitative estimate of drug-likeness (QED) is 0.901. The summed E-state index contributed by atoms with van der Waals surface area (Å²) >= 11 is 0. The van der Waals surface area contributed by atoms with Gasteiger partial charge in [0.1, 0.15) is 12.4 Å². The number of ether oxygens (including phenoxy) is 1. The van der Waals surface area contributed by atoms with Gasteiger partial charge in [-0.15, -0.1) is 0 Å². The molecule has 1 saturated carbocycles. The van der Waals surface area contributed by atoms with Gasteiger partial charge in [-0.1, -0.05) is 38.0 Å². The maximum atomic E-state index is 5.89. The molecule has 1 aliphatic heterocycles. The molecule has 116 valence electrons. The van der Waals surface area contributed by atoms with Crippen molar-refractivity contribution in [1.82, 2.24) is 10.2 Å². The van der Waals surface area contributed by atoms with Gasteiger partial charge in [-0.25, -0.2) is 0 Å². The van der Waals surface area contributed by atoms with Gasteiger partial charge in [0.05, 0.1) is 0 Å². The van der Waals surface area contributed by atoms with Crippen LogP contribution in [-0.2, 0) is 0 Å². The fourth-order valence-corrected chi connectivity index (χ4v) is 3.89. The second-order valence-electron chi connectivity index (χ2n) is 6.56. The van der Waals surface area contributed by atoms with Crippen LogP contribution in [0.15, 0.2) is 30.3 Å². The molecule has 0 amide bonds. The third-order valence-corrected chi connectivity index (χ3v) is 5.16. The van der Waals surface area contributed by atoms with Crippen molar-refractivity contribution in [2.24, 2.45) is 0 Å². The van der Waals surface area contributed by atoms with Crippen LogP contribution in [0.3, 0.4) is 0 Å². The number of benzene rings is 1. The number of para-hydroxylation sites is 1. The summed E-state index contributed by atoms with van der Waals surface area (Å²) in [7, 11) is 0. The SMILES string of the molecule is CCC1CNC2(CCCC2)CN1CCOc1ccccc1. The molecule has 0 radical (unpaired) electrons. The number of nitrogens with one attached hydrogen (secondary N) is 1. The number of piperazine rings is 1. The van der Waals surface area contributed by atoms with Crippen molar-refractivity contribution in [2.75, 3.05) is 26.2 Å². The lowest BCUT2D eigenvalue weighted by Gasteiger charge is -2.46. The van der Waals surface area contributed by atoms with Crippen molar-refractivity contribution in [2.45, 2.75) is 50.6 Å². The van der Waals surface area contributed by atoms with Gasteiger partial charge in [0.15, 0.2) is 0 Å². The lowest BCUT2D eigenvalue weighted by molar-refractivity contribution is 0.0658. The molecule has 0 bridgehead atoms. The van der Waals surface area contributed by atoms with E-state index in [1.807, 2.05) is 30.3 Å². The predicted octanol–water partition coefficient (Wildman–Crippen LogP) is 3.06. The number of hydrogen-bond donors (Lipinski definition) is 1. The molecule has 3 rings (SSSR count). The molecule has 1 spiro atoms. The molecule has 1 atom stereocenters. The summed E-state index contributed by atoms with van der Waals surface area (Å²) in [6.07, 6.45) is 6.68. The first-order valence-corrected chi connectivity index (χ1v) is 8.48. The van der Waals surface area contributed by atoms with Crippen LogP contribution >= 0.6 is 0 Å². The van der Waals surface area contributed by atoms with E-state index in [0.717, 1.165) is 25.4 Å². The van der Waals surface area contributed by atoms with Crippen LogP contribution in [0.4, 0.5) is 0 Å². The third-order valence-electron chi connectivity index (χ3n) is 5.16. The Kier molecular flexibility index (Phi) is 4.81. The number of hydrogen-bond acceptors (Lipinski definition) is 3. The molecule has 1 aliphatic carbocycles. The highest BCUT2D eigenvalue weighted by molar-refractivity contribution is 5.20. The summed E-state index contributed by atoms with van der Waals surface area (Å²) in [5.41, 5.74) is 0.401. The van der Waals surface area contributed by atoms with Crippen LogP contribution in [0.1, 0.15) is 39.0 Å². The Morgan fingerprint density at radius 2 is 2.00 bits per heavy atom. The van der Waals surface area contributed by atoms with E-state index in [2.05, 4.69) is 17.1 Å². The number of rotatable bonds is 5. The highest BCUT2D eigenvalue weighted by Gasteiger charge is 2.40. The zero-order chi connectivity index (χ0) is 14.5. The van der Waals surface area contributed by atoms with Crippen molar-refractivity contribution >= 4 is 0 Å². The van der Waals surface area contributed by atoms with Gasteiger partial charge in [0.25, 0.3) is 0 Å². The maximum absolute atomic E-state index is 5.89. The molecule has 1 aromatic carbocycles. The lowest BCUT2D eigenvalue weighted by Crippen LogP contribution is -2.63. The van der Waals surface area contributed by atoms with E-state index < -0.39 is 0 Å². The normalized spacial score (nSPS) is 25.3. The fraction of sp³-hybridized carbons (Fsp3) is 0.667. The van der Waals surface area contributed by atoms with Gasteiger partial charge >= 0.3 is 0 Å². The van der Waals surface area contributed by atoms with Crippen molar-refractivity contribution in [3.8, 4) is 5.75 Å². The van der Waals surface area contributed by atoms with E-state index in [9.17, 15) is 0 Å². The minimum atomic E-state index is 0.401. The molecule has 1 unspecified atom stereocenters. The summed E-state index contributed by atoms with van der Waals surface area (Å²) < 4.78 is 5.89. The Labute approximate surface area is 128 Å². The summed E-state index contributed by atoms with van der Waals surface area (Å²) in [5, 5.41) is 3.85. The first kappa shape index (κ1) is 14.9. The van der Waals surface area contributed by atoms with Crippen LogP contribution in [-0.4, -0.2) is 42.7 Å². The fourth-order valence-electron chi connectivity index (χ4n) is 3.89. The Balaban J connectivity index is 1.53. The van der Waals surface area contributed by atoms with Gasteiger partial charge in [-0.3, -0.25) is 4.90 Å². The zero-order valence-corrected chi connectivity index (χ0v) is 13.2. The van der Waals surface area contributed by atoms with Gasteiger partial charge in [0, 0.05) is 31.2 Å². The monoisotopic (exact) mass is 288 g/mol.